The van der Waals surface area contributed by atoms with Crippen molar-refractivity contribution in [1.29, 1.82) is 0 Å². The van der Waals surface area contributed by atoms with E-state index < -0.39 is 0 Å². The van der Waals surface area contributed by atoms with Gasteiger partial charge in [-0.25, -0.2) is 0 Å². The van der Waals surface area contributed by atoms with Crippen molar-refractivity contribution in [2.75, 3.05) is 31.1 Å². The predicted molar refractivity (Wildman–Crippen MR) is 88.4 cm³/mol. The van der Waals surface area contributed by atoms with Gasteiger partial charge in [0.1, 0.15) is 0 Å². The summed E-state index contributed by atoms with van der Waals surface area (Å²) in [6.45, 7) is 7.12. The van der Waals surface area contributed by atoms with Gasteiger partial charge in [0.15, 0.2) is 5.82 Å². The van der Waals surface area contributed by atoms with Crippen molar-refractivity contribution in [3.05, 3.63) is 52.1 Å². The Kier molecular flexibility index (Phi) is 4.51. The van der Waals surface area contributed by atoms with Crippen LogP contribution in [0.5, 0.6) is 0 Å². The molecule has 0 atom stereocenters. The first-order valence-electron chi connectivity index (χ1n) is 7.23. The molecule has 5 heteroatoms. The Hall–Kier alpha value is -1.46. The second-order valence-electron chi connectivity index (χ2n) is 5.42. The highest BCUT2D eigenvalue weighted by atomic mass is 79.9. The molecule has 0 aliphatic carbocycles. The van der Waals surface area contributed by atoms with Crippen molar-refractivity contribution in [3.63, 3.8) is 0 Å². The molecule has 3 rings (SSSR count). The van der Waals surface area contributed by atoms with Gasteiger partial charge >= 0.3 is 0 Å². The maximum Gasteiger partial charge on any atom is 0.151 e. The van der Waals surface area contributed by atoms with Crippen LogP contribution in [0.15, 0.2) is 40.9 Å². The molecule has 1 aliphatic rings. The SMILES string of the molecule is Cc1ccc(N2CCN(Cc3ccc(Br)cc3)CC2)nn1. The minimum absolute atomic E-state index is 0.965. The van der Waals surface area contributed by atoms with Gasteiger partial charge in [-0.3, -0.25) is 4.90 Å². The molecule has 1 aromatic carbocycles. The van der Waals surface area contributed by atoms with Crippen LogP contribution in [0.25, 0.3) is 0 Å². The third-order valence-electron chi connectivity index (χ3n) is 3.80. The van der Waals surface area contributed by atoms with Crippen LogP contribution in [0.2, 0.25) is 0 Å². The summed E-state index contributed by atoms with van der Waals surface area (Å²) in [5.41, 5.74) is 2.33. The lowest BCUT2D eigenvalue weighted by molar-refractivity contribution is 0.249. The number of halogens is 1. The minimum atomic E-state index is 0.965. The van der Waals surface area contributed by atoms with Crippen LogP contribution in [-0.2, 0) is 6.54 Å². The molecule has 2 heterocycles. The summed E-state index contributed by atoms with van der Waals surface area (Å²) < 4.78 is 1.13. The van der Waals surface area contributed by atoms with Crippen molar-refractivity contribution in [3.8, 4) is 0 Å². The highest BCUT2D eigenvalue weighted by Crippen LogP contribution is 2.16. The Morgan fingerprint density at radius 3 is 2.29 bits per heavy atom. The molecule has 110 valence electrons. The van der Waals surface area contributed by atoms with Crippen molar-refractivity contribution in [2.24, 2.45) is 0 Å². The van der Waals surface area contributed by atoms with Gasteiger partial charge < -0.3 is 4.90 Å². The molecule has 0 spiro atoms. The number of nitrogens with zero attached hydrogens (tertiary/aromatic N) is 4. The average Bonchev–Trinajstić information content (AvgIpc) is 2.51. The van der Waals surface area contributed by atoms with Gasteiger partial charge in [0, 0.05) is 37.2 Å². The zero-order valence-electron chi connectivity index (χ0n) is 12.2. The van der Waals surface area contributed by atoms with Gasteiger partial charge in [0.2, 0.25) is 0 Å². The molecule has 1 aromatic heterocycles. The van der Waals surface area contributed by atoms with Gasteiger partial charge in [0.25, 0.3) is 0 Å². The van der Waals surface area contributed by atoms with E-state index in [-0.39, 0.29) is 0 Å². The number of hydrogen-bond donors (Lipinski definition) is 0. The van der Waals surface area contributed by atoms with E-state index in [2.05, 4.69) is 66.3 Å². The fraction of sp³-hybridized carbons (Fsp3) is 0.375. The highest BCUT2D eigenvalue weighted by molar-refractivity contribution is 9.10. The smallest absolute Gasteiger partial charge is 0.151 e. The van der Waals surface area contributed by atoms with E-state index in [9.17, 15) is 0 Å². The summed E-state index contributed by atoms with van der Waals surface area (Å²) in [5, 5.41) is 8.41. The van der Waals surface area contributed by atoms with Crippen LogP contribution in [0, 0.1) is 6.92 Å². The quantitative estimate of drug-likeness (QED) is 0.855. The van der Waals surface area contributed by atoms with E-state index in [1.807, 2.05) is 13.0 Å². The molecule has 1 aliphatic heterocycles. The summed E-state index contributed by atoms with van der Waals surface area (Å²) in [6.07, 6.45) is 0. The number of rotatable bonds is 3. The summed E-state index contributed by atoms with van der Waals surface area (Å²) in [6, 6.07) is 12.7. The molecule has 0 saturated carbocycles. The predicted octanol–water partition coefficient (Wildman–Crippen LogP) is 2.87. The molecule has 1 saturated heterocycles. The first kappa shape index (κ1) is 14.5. The largest absolute Gasteiger partial charge is 0.353 e. The standard InChI is InChI=1S/C16H19BrN4/c1-13-2-7-16(19-18-13)21-10-8-20(9-11-21)12-14-3-5-15(17)6-4-14/h2-7H,8-12H2,1H3. The molecule has 0 unspecified atom stereocenters. The number of piperazine rings is 1. The molecule has 4 nitrogen and oxygen atoms in total. The Morgan fingerprint density at radius 1 is 0.952 bits per heavy atom. The summed E-state index contributed by atoms with van der Waals surface area (Å²) in [4.78, 5) is 4.80. The Labute approximate surface area is 133 Å². The fourth-order valence-corrected chi connectivity index (χ4v) is 2.81. The van der Waals surface area contributed by atoms with Crippen molar-refractivity contribution < 1.29 is 0 Å². The van der Waals surface area contributed by atoms with Gasteiger partial charge in [-0.15, -0.1) is 5.10 Å². The number of aromatic nitrogens is 2. The average molecular weight is 347 g/mol. The van der Waals surface area contributed by atoms with Crippen LogP contribution in [-0.4, -0.2) is 41.3 Å². The number of hydrogen-bond acceptors (Lipinski definition) is 4. The van der Waals surface area contributed by atoms with Gasteiger partial charge in [0.05, 0.1) is 5.69 Å². The monoisotopic (exact) mass is 346 g/mol. The summed E-state index contributed by atoms with van der Waals surface area (Å²) >= 11 is 3.48. The Balaban J connectivity index is 1.55. The lowest BCUT2D eigenvalue weighted by Crippen LogP contribution is -2.46. The highest BCUT2D eigenvalue weighted by Gasteiger charge is 2.18. The Bertz CT molecular complexity index is 574. The van der Waals surface area contributed by atoms with Crippen LogP contribution >= 0.6 is 15.9 Å². The van der Waals surface area contributed by atoms with Crippen LogP contribution in [0.4, 0.5) is 5.82 Å². The molecular formula is C16H19BrN4. The molecule has 0 radical (unpaired) electrons. The summed E-state index contributed by atoms with van der Waals surface area (Å²) in [5.74, 6) is 0.990. The zero-order chi connectivity index (χ0) is 14.7. The molecular weight excluding hydrogens is 328 g/mol. The summed E-state index contributed by atoms with van der Waals surface area (Å²) in [7, 11) is 0. The van der Waals surface area contributed by atoms with Crippen molar-refractivity contribution >= 4 is 21.7 Å². The second kappa shape index (κ2) is 6.54. The normalized spacial score (nSPS) is 16.2. The number of anilines is 1. The second-order valence-corrected chi connectivity index (χ2v) is 6.34. The van der Waals surface area contributed by atoms with Crippen molar-refractivity contribution in [2.45, 2.75) is 13.5 Å². The molecule has 2 aromatic rings. The minimum Gasteiger partial charge on any atom is -0.353 e. The maximum absolute atomic E-state index is 4.27. The first-order valence-corrected chi connectivity index (χ1v) is 8.02. The number of benzene rings is 1. The topological polar surface area (TPSA) is 32.3 Å². The maximum atomic E-state index is 4.27. The van der Waals surface area contributed by atoms with Gasteiger partial charge in [-0.05, 0) is 36.8 Å². The van der Waals surface area contributed by atoms with Gasteiger partial charge in [-0.1, -0.05) is 28.1 Å². The van der Waals surface area contributed by atoms with E-state index in [0.29, 0.717) is 0 Å². The zero-order valence-corrected chi connectivity index (χ0v) is 13.8. The lowest BCUT2D eigenvalue weighted by atomic mass is 10.2. The third kappa shape index (κ3) is 3.80. The van der Waals surface area contributed by atoms with E-state index in [1.165, 1.54) is 5.56 Å². The first-order chi connectivity index (χ1) is 10.2. The van der Waals surface area contributed by atoms with E-state index in [0.717, 1.165) is 48.7 Å². The Morgan fingerprint density at radius 2 is 1.67 bits per heavy atom. The van der Waals surface area contributed by atoms with Crippen molar-refractivity contribution in [1.82, 2.24) is 15.1 Å². The van der Waals surface area contributed by atoms with E-state index in [1.54, 1.807) is 0 Å². The lowest BCUT2D eigenvalue weighted by Gasteiger charge is -2.35. The molecule has 0 amide bonds. The van der Waals surface area contributed by atoms with E-state index >= 15 is 0 Å². The fourth-order valence-electron chi connectivity index (χ4n) is 2.54. The third-order valence-corrected chi connectivity index (χ3v) is 4.33. The van der Waals surface area contributed by atoms with Crippen LogP contribution < -0.4 is 4.90 Å². The van der Waals surface area contributed by atoms with Crippen LogP contribution in [0.1, 0.15) is 11.3 Å². The van der Waals surface area contributed by atoms with Crippen LogP contribution in [0.3, 0.4) is 0 Å². The van der Waals surface area contributed by atoms with E-state index in [4.69, 9.17) is 0 Å². The number of aryl methyl sites for hydroxylation is 1. The molecule has 1 fully saturated rings. The molecule has 0 bridgehead atoms. The van der Waals surface area contributed by atoms with Gasteiger partial charge in [-0.2, -0.15) is 5.10 Å². The molecule has 21 heavy (non-hydrogen) atoms. The molecule has 0 N–H and O–H groups in total.